The number of aromatic nitrogens is 7. The maximum Gasteiger partial charge on any atom is 0.314 e. The number of nitrogens with one attached hydrogen (secondary N) is 2. The van der Waals surface area contributed by atoms with Gasteiger partial charge in [0.25, 0.3) is 11.8 Å². The smallest absolute Gasteiger partial charge is 0.314 e. The maximum atomic E-state index is 13.8. The van der Waals surface area contributed by atoms with Crippen molar-refractivity contribution in [3.05, 3.63) is 80.1 Å². The van der Waals surface area contributed by atoms with E-state index in [0.717, 1.165) is 55.4 Å². The maximum absolute atomic E-state index is 13.8. The summed E-state index contributed by atoms with van der Waals surface area (Å²) in [4.78, 5) is 67.1. The van der Waals surface area contributed by atoms with Crippen molar-refractivity contribution in [1.29, 1.82) is 0 Å². The number of carbonyl (C=O) groups is 4. The van der Waals surface area contributed by atoms with E-state index >= 15 is 0 Å². The van der Waals surface area contributed by atoms with Gasteiger partial charge in [-0.3, -0.25) is 29.1 Å². The molecule has 20 heteroatoms. The highest BCUT2D eigenvalue weighted by Gasteiger charge is 2.24. The van der Waals surface area contributed by atoms with Gasteiger partial charge in [-0.1, -0.05) is 12.2 Å². The molecule has 0 saturated carbocycles. The number of carbonyl (C=O) groups excluding carboxylic acids is 4. The number of aryl methyl sites for hydroxylation is 4. The molecule has 1 aromatic carbocycles. The topological polar surface area (TPSA) is 231 Å². The molecule has 2 aliphatic rings. The van der Waals surface area contributed by atoms with Crippen LogP contribution in [0.1, 0.15) is 73.6 Å². The minimum Gasteiger partial charge on any atom is -0.491 e. The molecule has 6 N–H and O–H groups in total. The first-order chi connectivity index (χ1) is 29.4. The van der Waals surface area contributed by atoms with Crippen LogP contribution in [0.5, 0.6) is 5.75 Å². The number of anilines is 1. The Morgan fingerprint density at radius 1 is 0.902 bits per heavy atom. The first-order valence-electron chi connectivity index (χ1n) is 20.7. The van der Waals surface area contributed by atoms with Gasteiger partial charge in [0.2, 0.25) is 11.9 Å². The summed E-state index contributed by atoms with van der Waals surface area (Å²) in [7, 11) is 0. The predicted molar refractivity (Wildman–Crippen MR) is 231 cm³/mol. The quantitative estimate of drug-likeness (QED) is 0.0888. The summed E-state index contributed by atoms with van der Waals surface area (Å²) in [6, 6.07) is 6.21. The first-order valence-corrected chi connectivity index (χ1v) is 21.6. The van der Waals surface area contributed by atoms with Crippen molar-refractivity contribution in [3.63, 3.8) is 0 Å². The number of rotatable bonds is 15. The summed E-state index contributed by atoms with van der Waals surface area (Å²) < 4.78 is 13.5. The highest BCUT2D eigenvalue weighted by Crippen LogP contribution is 2.32. The normalized spacial score (nSPS) is 15.1. The summed E-state index contributed by atoms with van der Waals surface area (Å²) >= 11 is 1.43. The molecule has 1 fully saturated rings. The molecule has 0 atom stereocenters. The van der Waals surface area contributed by atoms with Crippen molar-refractivity contribution >= 4 is 52.1 Å². The van der Waals surface area contributed by atoms with Crippen LogP contribution in [0.4, 0.5) is 10.7 Å². The van der Waals surface area contributed by atoms with Gasteiger partial charge in [0, 0.05) is 101 Å². The summed E-state index contributed by atoms with van der Waals surface area (Å²) in [6.07, 6.45) is 5.78. The Hall–Kier alpha value is -6.12. The van der Waals surface area contributed by atoms with Crippen molar-refractivity contribution < 1.29 is 23.9 Å². The average Bonchev–Trinajstić information content (AvgIpc) is 3.97. The van der Waals surface area contributed by atoms with Crippen molar-refractivity contribution in [3.8, 4) is 5.75 Å². The van der Waals surface area contributed by atoms with Gasteiger partial charge in [-0.25, -0.2) is 9.78 Å². The second-order valence-corrected chi connectivity index (χ2v) is 16.1. The fourth-order valence-electron chi connectivity index (χ4n) is 7.80. The summed E-state index contributed by atoms with van der Waals surface area (Å²) in [6.45, 7) is 15.1. The number of urea groups is 1. The van der Waals surface area contributed by atoms with E-state index in [9.17, 15) is 19.2 Å². The lowest BCUT2D eigenvalue weighted by Gasteiger charge is -2.27. The van der Waals surface area contributed by atoms with Crippen LogP contribution in [0.25, 0.3) is 11.0 Å². The van der Waals surface area contributed by atoms with Crippen molar-refractivity contribution in [2.24, 2.45) is 16.5 Å². The van der Waals surface area contributed by atoms with Crippen LogP contribution in [0, 0.1) is 13.8 Å². The highest BCUT2D eigenvalue weighted by atomic mass is 32.1. The molecular weight excluding hydrogens is 801 g/mol. The van der Waals surface area contributed by atoms with Crippen LogP contribution < -0.4 is 31.6 Å². The lowest BCUT2D eigenvalue weighted by Crippen LogP contribution is -2.43. The Bertz CT molecular complexity index is 2540. The monoisotopic (exact) mass is 854 g/mol. The Balaban J connectivity index is 1.23. The van der Waals surface area contributed by atoms with E-state index in [1.807, 2.05) is 49.0 Å². The third-order valence-electron chi connectivity index (χ3n) is 10.8. The minimum absolute atomic E-state index is 0.231. The fraction of sp³-hybridized carbons (Fsp3) is 0.463. The van der Waals surface area contributed by atoms with Crippen molar-refractivity contribution in [2.45, 2.75) is 73.1 Å². The van der Waals surface area contributed by atoms with Gasteiger partial charge in [0.15, 0.2) is 4.80 Å². The molecular formula is C41H54N14O5S. The number of primary amides is 2. The Morgan fingerprint density at radius 3 is 2.26 bits per heavy atom. The second-order valence-electron chi connectivity index (χ2n) is 15.1. The molecule has 324 valence electrons. The molecule has 61 heavy (non-hydrogen) atoms. The van der Waals surface area contributed by atoms with Crippen LogP contribution in [0.2, 0.25) is 0 Å². The lowest BCUT2D eigenvalue weighted by molar-refractivity contribution is 0.0983. The number of allylic oxidation sites excluding steroid dienone is 2. The summed E-state index contributed by atoms with van der Waals surface area (Å²) in [5, 5.41) is 15.2. The molecule has 1 saturated heterocycles. The molecule has 6 heterocycles. The number of ether oxygens (including phenoxy) is 1. The van der Waals surface area contributed by atoms with Crippen molar-refractivity contribution in [1.82, 2.24) is 48.8 Å². The van der Waals surface area contributed by atoms with E-state index in [4.69, 9.17) is 21.2 Å². The van der Waals surface area contributed by atoms with E-state index in [1.165, 1.54) is 11.3 Å². The van der Waals surface area contributed by atoms with E-state index in [-0.39, 0.29) is 18.1 Å². The molecule has 0 radical (unpaired) electrons. The van der Waals surface area contributed by atoms with Gasteiger partial charge >= 0.3 is 6.03 Å². The number of imidazole rings is 1. The first kappa shape index (κ1) is 43.0. The molecule has 2 aliphatic heterocycles. The molecule has 5 amide bonds. The number of nitrogens with two attached hydrogens (primary N) is 2. The molecule has 5 aromatic rings. The standard InChI is InChI=1S/C41H54N14O5S/c1-5-54-31(22-26(3)48-54)37(57)46-40-45-29-24-28(36(42)56)25-33(60-21-9-14-50-19-12-44-13-20-50)35(29)53(40)16-8-7-15-52-30-10-17-51(39(43)59)18-11-34(30)61-41(52)47-38(58)32-23-27(4)49-55(32)6-2/h7-8,22-25,44H,5-6,9-21H2,1-4H3,(H2,42,56)(H2,43,59)(H,45,46,57)/b8-7+,47-41?. The number of benzene rings is 1. The Labute approximate surface area is 357 Å². The second kappa shape index (κ2) is 19.1. The number of piperazine rings is 1. The van der Waals surface area contributed by atoms with Gasteiger partial charge in [-0.2, -0.15) is 15.2 Å². The van der Waals surface area contributed by atoms with Crippen LogP contribution in [-0.2, 0) is 39.0 Å². The zero-order chi connectivity index (χ0) is 43.2. The molecule has 7 rings (SSSR count). The van der Waals surface area contributed by atoms with Gasteiger partial charge in [0.1, 0.15) is 22.7 Å². The molecule has 19 nitrogen and oxygen atoms in total. The highest BCUT2D eigenvalue weighted by molar-refractivity contribution is 7.09. The largest absolute Gasteiger partial charge is 0.491 e. The van der Waals surface area contributed by atoms with E-state index < -0.39 is 23.8 Å². The van der Waals surface area contributed by atoms with Gasteiger partial charge in [-0.05, 0) is 58.4 Å². The SMILES string of the molecule is CCn1nc(C)cc1C(=O)N=c1sc2c(n1C/C=C/Cn1c(NC(=O)c3cc(C)nn3CC)nc3cc(C(N)=O)cc(OCCCN4CCNCC4)c31)CCN(C(N)=O)CC2. The number of fused-ring (bicyclic) bond motifs is 2. The zero-order valence-corrected chi connectivity index (χ0v) is 36.0. The van der Waals surface area contributed by atoms with Crippen LogP contribution in [0.3, 0.4) is 0 Å². The van der Waals surface area contributed by atoms with Gasteiger partial charge in [-0.15, -0.1) is 11.3 Å². The van der Waals surface area contributed by atoms with Crippen LogP contribution >= 0.6 is 11.3 Å². The third kappa shape index (κ3) is 9.76. The van der Waals surface area contributed by atoms with Crippen molar-refractivity contribution in [2.75, 3.05) is 57.7 Å². The Morgan fingerprint density at radius 2 is 1.57 bits per heavy atom. The number of thiazole rings is 1. The number of nitrogens with zero attached hydrogens (tertiary/aromatic N) is 10. The summed E-state index contributed by atoms with van der Waals surface area (Å²) in [5.41, 5.74) is 15.9. The number of amides is 5. The van der Waals surface area contributed by atoms with Gasteiger partial charge in [0.05, 0.1) is 23.5 Å². The minimum atomic E-state index is -0.630. The number of hydrogen-bond donors (Lipinski definition) is 4. The van der Waals surface area contributed by atoms with E-state index in [1.54, 1.807) is 38.5 Å². The zero-order valence-electron chi connectivity index (χ0n) is 35.1. The van der Waals surface area contributed by atoms with E-state index in [0.29, 0.717) is 90.8 Å². The van der Waals surface area contributed by atoms with Crippen LogP contribution in [-0.4, -0.2) is 120 Å². The van der Waals surface area contributed by atoms with E-state index in [2.05, 4.69) is 30.7 Å². The third-order valence-corrected chi connectivity index (χ3v) is 12.0. The molecule has 0 unspecified atom stereocenters. The molecule has 0 spiro atoms. The lowest BCUT2D eigenvalue weighted by atomic mass is 10.1. The average molecular weight is 855 g/mol. The molecule has 0 aliphatic carbocycles. The Kier molecular flexibility index (Phi) is 13.4. The summed E-state index contributed by atoms with van der Waals surface area (Å²) in [5.74, 6) is -0.759. The van der Waals surface area contributed by atoms with Gasteiger partial charge < -0.3 is 40.5 Å². The fourth-order valence-corrected chi connectivity index (χ4v) is 8.97. The predicted octanol–water partition coefficient (Wildman–Crippen LogP) is 2.45. The molecule has 0 bridgehead atoms. The van der Waals surface area contributed by atoms with Crippen LogP contribution in [0.15, 0.2) is 41.4 Å². The number of hydrogen-bond acceptors (Lipinski definition) is 11. The molecule has 4 aromatic heterocycles.